The van der Waals surface area contributed by atoms with Crippen molar-refractivity contribution in [3.8, 4) is 0 Å². The van der Waals surface area contributed by atoms with E-state index in [2.05, 4.69) is 41.6 Å². The minimum Gasteiger partial charge on any atom is -0.368 e. The van der Waals surface area contributed by atoms with Crippen LogP contribution in [-0.4, -0.2) is 26.8 Å². The van der Waals surface area contributed by atoms with Crippen LogP contribution in [0.1, 0.15) is 71.1 Å². The molecular weight excluding hydrogens is 286 g/mol. The van der Waals surface area contributed by atoms with Crippen molar-refractivity contribution in [3.63, 3.8) is 0 Å². The maximum Gasteiger partial charge on any atom is 0.167 e. The average molecular weight is 317 g/mol. The molecule has 0 spiro atoms. The first kappa shape index (κ1) is 17.9. The fourth-order valence-corrected chi connectivity index (χ4v) is 3.20. The van der Waals surface area contributed by atoms with Crippen molar-refractivity contribution in [2.24, 2.45) is 10.9 Å². The van der Waals surface area contributed by atoms with E-state index in [1.807, 2.05) is 13.1 Å². The van der Waals surface area contributed by atoms with Gasteiger partial charge < -0.3 is 5.11 Å². The Balaban J connectivity index is 2.16. The van der Waals surface area contributed by atoms with Gasteiger partial charge in [-0.05, 0) is 37.3 Å². The zero-order valence-electron chi connectivity index (χ0n) is 15.0. The van der Waals surface area contributed by atoms with E-state index in [1.165, 1.54) is 25.0 Å². The van der Waals surface area contributed by atoms with Crippen molar-refractivity contribution >= 4 is 11.8 Å². The molecule has 0 fully saturated rings. The van der Waals surface area contributed by atoms with Crippen LogP contribution in [0.2, 0.25) is 0 Å². The highest BCUT2D eigenvalue weighted by Crippen LogP contribution is 2.24. The van der Waals surface area contributed by atoms with Crippen molar-refractivity contribution in [2.75, 3.05) is 0 Å². The largest absolute Gasteiger partial charge is 0.368 e. The molecule has 1 aromatic heterocycles. The predicted molar refractivity (Wildman–Crippen MR) is 96.6 cm³/mol. The van der Waals surface area contributed by atoms with Crippen molar-refractivity contribution in [2.45, 2.75) is 79.0 Å². The molecule has 0 saturated carbocycles. The number of unbranched alkanes of at least 4 members (excludes halogenated alkanes) is 1. The van der Waals surface area contributed by atoms with Crippen LogP contribution in [0, 0.1) is 5.92 Å². The normalized spacial score (nSPS) is 21.0. The second kappa shape index (κ2) is 8.44. The number of aromatic nitrogens is 2. The zero-order chi connectivity index (χ0) is 16.8. The summed E-state index contributed by atoms with van der Waals surface area (Å²) < 4.78 is 2.17. The Morgan fingerprint density at radius 2 is 2.17 bits per heavy atom. The summed E-state index contributed by atoms with van der Waals surface area (Å²) in [6.07, 6.45) is 10.1. The quantitative estimate of drug-likeness (QED) is 0.780. The summed E-state index contributed by atoms with van der Waals surface area (Å²) in [7, 11) is 0. The van der Waals surface area contributed by atoms with Gasteiger partial charge in [-0.3, -0.25) is 9.67 Å². The molecule has 4 nitrogen and oxygen atoms in total. The highest BCUT2D eigenvalue weighted by molar-refractivity contribution is 5.88. The topological polar surface area (TPSA) is 50.4 Å². The van der Waals surface area contributed by atoms with E-state index in [0.29, 0.717) is 5.92 Å². The molecule has 0 radical (unpaired) electrons. The van der Waals surface area contributed by atoms with Gasteiger partial charge in [0.15, 0.2) is 6.23 Å². The monoisotopic (exact) mass is 317 g/mol. The Labute approximate surface area is 140 Å². The maximum absolute atomic E-state index is 10.0. The molecule has 0 aliphatic carbocycles. The molecule has 2 rings (SSSR count). The predicted octanol–water partition coefficient (Wildman–Crippen LogP) is 4.23. The van der Waals surface area contributed by atoms with Crippen LogP contribution >= 0.6 is 0 Å². The average Bonchev–Trinajstić information content (AvgIpc) is 3.02. The molecule has 1 aliphatic rings. The van der Waals surface area contributed by atoms with E-state index in [1.54, 1.807) is 0 Å². The Morgan fingerprint density at radius 1 is 1.39 bits per heavy atom. The number of aliphatic hydroxyl groups is 1. The molecule has 128 valence electrons. The first-order valence-corrected chi connectivity index (χ1v) is 9.01. The molecule has 0 bridgehead atoms. The Bertz CT molecular complexity index is 571. The third-order valence-corrected chi connectivity index (χ3v) is 4.48. The number of rotatable bonds is 8. The van der Waals surface area contributed by atoms with Crippen LogP contribution < -0.4 is 0 Å². The molecule has 4 heteroatoms. The molecule has 0 amide bonds. The van der Waals surface area contributed by atoms with Gasteiger partial charge in [0, 0.05) is 29.9 Å². The van der Waals surface area contributed by atoms with Crippen molar-refractivity contribution in [3.05, 3.63) is 23.0 Å². The van der Waals surface area contributed by atoms with Crippen LogP contribution in [0.15, 0.2) is 16.8 Å². The standard InChI is InChI=1S/C19H31N3O/c1-5-7-9-14(3)13-22-18(8-6-2)17(12-20-22)11-16-10-15(4)21-19(16)23/h11-12,14,19,23H,5-10,13H2,1-4H3/b16-11+. The van der Waals surface area contributed by atoms with Gasteiger partial charge in [0.1, 0.15) is 0 Å². The summed E-state index contributed by atoms with van der Waals surface area (Å²) in [5.74, 6) is 0.647. The minimum absolute atomic E-state index is 0.647. The fraction of sp³-hybridized carbons (Fsp3) is 0.684. The Kier molecular flexibility index (Phi) is 6.58. The lowest BCUT2D eigenvalue weighted by molar-refractivity contribution is 0.227. The Morgan fingerprint density at radius 3 is 2.78 bits per heavy atom. The molecule has 23 heavy (non-hydrogen) atoms. The van der Waals surface area contributed by atoms with Crippen LogP contribution in [0.25, 0.3) is 6.08 Å². The second-order valence-electron chi connectivity index (χ2n) is 6.86. The molecule has 2 atom stereocenters. The van der Waals surface area contributed by atoms with Crippen LogP contribution in [0.5, 0.6) is 0 Å². The van der Waals surface area contributed by atoms with E-state index >= 15 is 0 Å². The van der Waals surface area contributed by atoms with E-state index in [9.17, 15) is 5.11 Å². The summed E-state index contributed by atoms with van der Waals surface area (Å²) in [5.41, 5.74) is 4.42. The van der Waals surface area contributed by atoms with E-state index in [4.69, 9.17) is 0 Å². The van der Waals surface area contributed by atoms with Crippen molar-refractivity contribution in [1.82, 2.24) is 9.78 Å². The number of aliphatic hydroxyl groups excluding tert-OH is 1. The lowest BCUT2D eigenvalue weighted by Gasteiger charge is -2.14. The Hall–Kier alpha value is -1.42. The lowest BCUT2D eigenvalue weighted by Crippen LogP contribution is -2.12. The van der Waals surface area contributed by atoms with Gasteiger partial charge in [0.05, 0.1) is 6.20 Å². The first-order chi connectivity index (χ1) is 11.0. The van der Waals surface area contributed by atoms with Crippen LogP contribution in [-0.2, 0) is 13.0 Å². The molecule has 1 aliphatic heterocycles. The van der Waals surface area contributed by atoms with Gasteiger partial charge in [-0.1, -0.05) is 40.0 Å². The summed E-state index contributed by atoms with van der Waals surface area (Å²) in [4.78, 5) is 4.21. The maximum atomic E-state index is 10.0. The zero-order valence-corrected chi connectivity index (χ0v) is 15.0. The smallest absolute Gasteiger partial charge is 0.167 e. The highest BCUT2D eigenvalue weighted by atomic mass is 16.3. The molecular formula is C19H31N3O. The van der Waals surface area contributed by atoms with E-state index < -0.39 is 6.23 Å². The van der Waals surface area contributed by atoms with Crippen molar-refractivity contribution < 1.29 is 5.11 Å². The van der Waals surface area contributed by atoms with Crippen LogP contribution in [0.4, 0.5) is 0 Å². The van der Waals surface area contributed by atoms with Crippen LogP contribution in [0.3, 0.4) is 0 Å². The summed E-state index contributed by atoms with van der Waals surface area (Å²) in [6.45, 7) is 9.70. The van der Waals surface area contributed by atoms with Gasteiger partial charge in [-0.15, -0.1) is 0 Å². The minimum atomic E-state index is -0.670. The summed E-state index contributed by atoms with van der Waals surface area (Å²) in [6, 6.07) is 0. The third-order valence-electron chi connectivity index (χ3n) is 4.48. The highest BCUT2D eigenvalue weighted by Gasteiger charge is 2.19. The number of hydrogen-bond donors (Lipinski definition) is 1. The number of hydrogen-bond acceptors (Lipinski definition) is 3. The third kappa shape index (κ3) is 4.77. The van der Waals surface area contributed by atoms with E-state index in [-0.39, 0.29) is 0 Å². The molecule has 1 aromatic rings. The fourth-order valence-electron chi connectivity index (χ4n) is 3.20. The molecule has 2 heterocycles. The van der Waals surface area contributed by atoms with Gasteiger partial charge in [0.2, 0.25) is 0 Å². The number of aliphatic imine (C=N–C) groups is 1. The van der Waals surface area contributed by atoms with Gasteiger partial charge in [-0.2, -0.15) is 5.10 Å². The van der Waals surface area contributed by atoms with Crippen molar-refractivity contribution in [1.29, 1.82) is 0 Å². The van der Waals surface area contributed by atoms with Gasteiger partial charge in [-0.25, -0.2) is 0 Å². The summed E-state index contributed by atoms with van der Waals surface area (Å²) in [5, 5.41) is 14.6. The number of nitrogens with zero attached hydrogens (tertiary/aromatic N) is 3. The van der Waals surface area contributed by atoms with Gasteiger partial charge in [0.25, 0.3) is 0 Å². The van der Waals surface area contributed by atoms with Gasteiger partial charge >= 0.3 is 0 Å². The SMILES string of the molecule is CCCCC(C)Cn1ncc(/C=C2\CC(C)=NC2O)c1CCC. The second-order valence-corrected chi connectivity index (χ2v) is 6.86. The molecule has 0 aromatic carbocycles. The molecule has 1 N–H and O–H groups in total. The molecule has 0 saturated heterocycles. The molecule has 2 unspecified atom stereocenters. The summed E-state index contributed by atoms with van der Waals surface area (Å²) >= 11 is 0. The lowest BCUT2D eigenvalue weighted by atomic mass is 10.0. The van der Waals surface area contributed by atoms with E-state index in [0.717, 1.165) is 42.7 Å². The first-order valence-electron chi connectivity index (χ1n) is 9.01.